The number of ether oxygens (including phenoxy) is 1. The van der Waals surface area contributed by atoms with Crippen LogP contribution in [0.4, 0.5) is 0 Å². The van der Waals surface area contributed by atoms with Gasteiger partial charge in [-0.15, -0.1) is 0 Å². The van der Waals surface area contributed by atoms with E-state index in [9.17, 15) is 0 Å². The molecule has 0 aliphatic heterocycles. The summed E-state index contributed by atoms with van der Waals surface area (Å²) in [6, 6.07) is 27.5. The summed E-state index contributed by atoms with van der Waals surface area (Å²) in [6.45, 7) is 0.453. The van der Waals surface area contributed by atoms with Crippen molar-refractivity contribution in [2.45, 2.75) is 6.61 Å². The van der Waals surface area contributed by atoms with Crippen molar-refractivity contribution < 1.29 is 4.74 Å². The van der Waals surface area contributed by atoms with Crippen molar-refractivity contribution in [2.24, 2.45) is 5.10 Å². The molecule has 0 atom stereocenters. The van der Waals surface area contributed by atoms with Crippen LogP contribution in [0.3, 0.4) is 0 Å². The SMILES string of the molecule is S=c1[nH]nc(-c2ccccc2)n1/N=C\c1ccccc1COc1ccccc1. The zero-order valence-electron chi connectivity index (χ0n) is 15.0. The van der Waals surface area contributed by atoms with Crippen LogP contribution in [-0.2, 0) is 6.61 Å². The van der Waals surface area contributed by atoms with Gasteiger partial charge in [-0.3, -0.25) is 0 Å². The normalized spacial score (nSPS) is 11.0. The van der Waals surface area contributed by atoms with Crippen LogP contribution >= 0.6 is 12.2 Å². The number of benzene rings is 3. The Balaban J connectivity index is 1.60. The van der Waals surface area contributed by atoms with Gasteiger partial charge in [0.15, 0.2) is 5.82 Å². The van der Waals surface area contributed by atoms with E-state index < -0.39 is 0 Å². The molecule has 1 N–H and O–H groups in total. The molecule has 28 heavy (non-hydrogen) atoms. The quantitative estimate of drug-likeness (QED) is 0.372. The van der Waals surface area contributed by atoms with Crippen LogP contribution in [0, 0.1) is 4.77 Å². The number of H-pyrrole nitrogens is 1. The molecule has 138 valence electrons. The first-order valence-electron chi connectivity index (χ1n) is 8.84. The minimum Gasteiger partial charge on any atom is -0.489 e. The predicted molar refractivity (Wildman–Crippen MR) is 113 cm³/mol. The summed E-state index contributed by atoms with van der Waals surface area (Å²) in [6.07, 6.45) is 1.78. The van der Waals surface area contributed by atoms with Gasteiger partial charge in [0.05, 0.1) is 6.21 Å². The molecule has 0 bridgehead atoms. The summed E-state index contributed by atoms with van der Waals surface area (Å²) in [7, 11) is 0. The van der Waals surface area contributed by atoms with E-state index in [0.29, 0.717) is 17.2 Å². The average molecular weight is 386 g/mol. The fourth-order valence-electron chi connectivity index (χ4n) is 2.76. The first-order chi connectivity index (χ1) is 13.8. The first kappa shape index (κ1) is 17.9. The Kier molecular flexibility index (Phi) is 5.40. The van der Waals surface area contributed by atoms with Gasteiger partial charge in [-0.25, -0.2) is 5.10 Å². The summed E-state index contributed by atoms with van der Waals surface area (Å²) >= 11 is 5.34. The molecular weight excluding hydrogens is 368 g/mol. The van der Waals surface area contributed by atoms with Crippen LogP contribution in [-0.4, -0.2) is 21.1 Å². The Morgan fingerprint density at radius 2 is 1.61 bits per heavy atom. The third kappa shape index (κ3) is 4.07. The van der Waals surface area contributed by atoms with E-state index in [1.54, 1.807) is 10.9 Å². The number of rotatable bonds is 6. The minimum absolute atomic E-state index is 0.438. The number of aromatic amines is 1. The van der Waals surface area contributed by atoms with Gasteiger partial charge in [0, 0.05) is 11.1 Å². The second-order valence-electron chi connectivity index (χ2n) is 6.08. The van der Waals surface area contributed by atoms with Crippen molar-refractivity contribution in [3.05, 3.63) is 101 Å². The largest absolute Gasteiger partial charge is 0.489 e. The molecule has 0 saturated heterocycles. The maximum Gasteiger partial charge on any atom is 0.216 e. The van der Waals surface area contributed by atoms with Crippen LogP contribution < -0.4 is 4.74 Å². The van der Waals surface area contributed by atoms with Crippen LogP contribution in [0.5, 0.6) is 5.75 Å². The Labute approximate surface area is 167 Å². The first-order valence-corrected chi connectivity index (χ1v) is 9.25. The van der Waals surface area contributed by atoms with Gasteiger partial charge in [0.2, 0.25) is 4.77 Å². The van der Waals surface area contributed by atoms with Gasteiger partial charge in [-0.05, 0) is 29.9 Å². The van der Waals surface area contributed by atoms with Crippen molar-refractivity contribution in [2.75, 3.05) is 0 Å². The van der Waals surface area contributed by atoms with Gasteiger partial charge < -0.3 is 4.74 Å². The van der Waals surface area contributed by atoms with E-state index in [2.05, 4.69) is 15.3 Å². The maximum absolute atomic E-state index is 5.88. The Bertz CT molecular complexity index is 1130. The Hall–Kier alpha value is -3.51. The number of hydrogen-bond donors (Lipinski definition) is 1. The molecule has 4 rings (SSSR count). The van der Waals surface area contributed by atoms with Crippen molar-refractivity contribution >= 4 is 18.4 Å². The van der Waals surface area contributed by atoms with E-state index in [1.165, 1.54) is 0 Å². The minimum atomic E-state index is 0.438. The number of nitrogens with one attached hydrogen (secondary N) is 1. The molecule has 3 aromatic carbocycles. The third-order valence-corrected chi connectivity index (χ3v) is 4.45. The third-order valence-electron chi connectivity index (χ3n) is 4.19. The topological polar surface area (TPSA) is 55.2 Å². The van der Waals surface area contributed by atoms with E-state index in [-0.39, 0.29) is 0 Å². The molecule has 0 aliphatic carbocycles. The van der Waals surface area contributed by atoms with Crippen LogP contribution in [0.15, 0.2) is 90.0 Å². The summed E-state index contributed by atoms with van der Waals surface area (Å²) in [4.78, 5) is 0. The van der Waals surface area contributed by atoms with Gasteiger partial charge in [-0.2, -0.15) is 14.9 Å². The lowest BCUT2D eigenvalue weighted by atomic mass is 10.1. The van der Waals surface area contributed by atoms with E-state index in [1.807, 2.05) is 84.9 Å². The summed E-state index contributed by atoms with van der Waals surface area (Å²) in [5, 5.41) is 11.7. The Morgan fingerprint density at radius 3 is 2.39 bits per heavy atom. The number of para-hydroxylation sites is 1. The molecule has 0 amide bonds. The average Bonchev–Trinajstić information content (AvgIpc) is 3.13. The highest BCUT2D eigenvalue weighted by molar-refractivity contribution is 7.71. The highest BCUT2D eigenvalue weighted by atomic mass is 32.1. The van der Waals surface area contributed by atoms with Crippen LogP contribution in [0.25, 0.3) is 11.4 Å². The fourth-order valence-corrected chi connectivity index (χ4v) is 2.94. The molecule has 0 unspecified atom stereocenters. The number of hydrogen-bond acceptors (Lipinski definition) is 4. The van der Waals surface area contributed by atoms with E-state index >= 15 is 0 Å². The van der Waals surface area contributed by atoms with Gasteiger partial charge in [0.25, 0.3) is 0 Å². The van der Waals surface area contributed by atoms with Crippen molar-refractivity contribution in [3.63, 3.8) is 0 Å². The maximum atomic E-state index is 5.88. The highest BCUT2D eigenvalue weighted by Gasteiger charge is 2.08. The molecule has 1 heterocycles. The Morgan fingerprint density at radius 1 is 0.929 bits per heavy atom. The lowest BCUT2D eigenvalue weighted by Crippen LogP contribution is -2.01. The van der Waals surface area contributed by atoms with Crippen LogP contribution in [0.1, 0.15) is 11.1 Å². The molecule has 0 spiro atoms. The molecular formula is C22H18N4OS. The monoisotopic (exact) mass is 386 g/mol. The number of nitrogens with zero attached hydrogens (tertiary/aromatic N) is 3. The molecule has 0 fully saturated rings. The standard InChI is InChI=1S/C22H18N4OS/c28-22-25-24-21(17-9-3-1-4-10-17)26(22)23-15-18-11-7-8-12-19(18)16-27-20-13-5-2-6-14-20/h1-15H,16H2,(H,25,28)/b23-15-. The van der Waals surface area contributed by atoms with Crippen LogP contribution in [0.2, 0.25) is 0 Å². The molecule has 6 heteroatoms. The van der Waals surface area contributed by atoms with Gasteiger partial charge in [-0.1, -0.05) is 72.8 Å². The van der Waals surface area contributed by atoms with Crippen molar-refractivity contribution in [3.8, 4) is 17.1 Å². The lowest BCUT2D eigenvalue weighted by Gasteiger charge is -2.08. The zero-order chi connectivity index (χ0) is 19.2. The predicted octanol–water partition coefficient (Wildman–Crippen LogP) is 5.07. The van der Waals surface area contributed by atoms with Crippen molar-refractivity contribution in [1.29, 1.82) is 0 Å². The fraction of sp³-hybridized carbons (Fsp3) is 0.0455. The van der Waals surface area contributed by atoms with Gasteiger partial charge >= 0.3 is 0 Å². The van der Waals surface area contributed by atoms with Crippen molar-refractivity contribution in [1.82, 2.24) is 14.9 Å². The molecule has 0 radical (unpaired) electrons. The molecule has 0 saturated carbocycles. The van der Waals surface area contributed by atoms with E-state index in [0.717, 1.165) is 22.4 Å². The molecule has 5 nitrogen and oxygen atoms in total. The molecule has 1 aromatic heterocycles. The van der Waals surface area contributed by atoms with E-state index in [4.69, 9.17) is 17.0 Å². The summed E-state index contributed by atoms with van der Waals surface area (Å²) < 4.78 is 7.94. The number of aromatic nitrogens is 3. The smallest absolute Gasteiger partial charge is 0.216 e. The highest BCUT2D eigenvalue weighted by Crippen LogP contribution is 2.17. The molecule has 4 aromatic rings. The zero-order valence-corrected chi connectivity index (χ0v) is 15.8. The second kappa shape index (κ2) is 8.45. The summed E-state index contributed by atoms with van der Waals surface area (Å²) in [5.41, 5.74) is 2.93. The lowest BCUT2D eigenvalue weighted by molar-refractivity contribution is 0.306. The summed E-state index contributed by atoms with van der Waals surface area (Å²) in [5.74, 6) is 1.50. The van der Waals surface area contributed by atoms with Gasteiger partial charge in [0.1, 0.15) is 12.4 Å². The second-order valence-corrected chi connectivity index (χ2v) is 6.46. The molecule has 0 aliphatic rings.